The van der Waals surface area contributed by atoms with E-state index in [-0.39, 0.29) is 16.3 Å². The molecule has 0 amide bonds. The highest BCUT2D eigenvalue weighted by atomic mass is 35.5. The predicted octanol–water partition coefficient (Wildman–Crippen LogP) is 3.78. The minimum Gasteiger partial charge on any atom is -0.465 e. The molecule has 0 saturated heterocycles. The second-order valence-electron chi connectivity index (χ2n) is 5.77. The Balaban J connectivity index is 2.25. The number of benzene rings is 1. The average Bonchev–Trinajstić information content (AvgIpc) is 2.90. The molecule has 27 heavy (non-hydrogen) atoms. The van der Waals surface area contributed by atoms with E-state index in [0.29, 0.717) is 23.4 Å². The van der Waals surface area contributed by atoms with Crippen LogP contribution in [-0.4, -0.2) is 35.9 Å². The molecule has 1 heterocycles. The lowest BCUT2D eigenvalue weighted by Crippen LogP contribution is -2.25. The van der Waals surface area contributed by atoms with Gasteiger partial charge < -0.3 is 14.5 Å². The van der Waals surface area contributed by atoms with Crippen molar-refractivity contribution in [1.82, 2.24) is 4.98 Å². The second kappa shape index (κ2) is 7.87. The maximum absolute atomic E-state index is 13.3. The number of esters is 2. The standard InChI is InChI=1S/C18H16ClF2NO5/c1-7-14(18(25)26-4)8(2)22-15(7)16(23)9(3)27-17(24)10-5-12(20)13(21)6-11(10)19/h5-6,9,22H,1-4H3. The van der Waals surface area contributed by atoms with Crippen molar-refractivity contribution in [3.8, 4) is 0 Å². The molecule has 2 rings (SSSR count). The number of Topliss-reactive ketones (excluding diaryl/α,β-unsaturated/α-hetero) is 1. The van der Waals surface area contributed by atoms with Crippen LogP contribution in [0, 0.1) is 25.5 Å². The number of carbonyl (C=O) groups excluding carboxylic acids is 3. The summed E-state index contributed by atoms with van der Waals surface area (Å²) in [5.41, 5.74) is 0.639. The number of hydrogen-bond donors (Lipinski definition) is 1. The zero-order valence-electron chi connectivity index (χ0n) is 14.9. The highest BCUT2D eigenvalue weighted by Crippen LogP contribution is 2.23. The fourth-order valence-corrected chi connectivity index (χ4v) is 2.79. The van der Waals surface area contributed by atoms with Gasteiger partial charge in [-0.1, -0.05) is 11.6 Å². The fraction of sp³-hybridized carbons (Fsp3) is 0.278. The van der Waals surface area contributed by atoms with Crippen molar-refractivity contribution in [2.45, 2.75) is 26.9 Å². The van der Waals surface area contributed by atoms with Crippen LogP contribution < -0.4 is 0 Å². The van der Waals surface area contributed by atoms with E-state index in [1.165, 1.54) is 14.0 Å². The number of ether oxygens (including phenoxy) is 2. The Morgan fingerprint density at radius 1 is 1.11 bits per heavy atom. The molecule has 0 aliphatic carbocycles. The van der Waals surface area contributed by atoms with E-state index >= 15 is 0 Å². The summed E-state index contributed by atoms with van der Waals surface area (Å²) in [7, 11) is 1.21. The van der Waals surface area contributed by atoms with Crippen molar-refractivity contribution in [1.29, 1.82) is 0 Å². The Kier molecular flexibility index (Phi) is 6.00. The summed E-state index contributed by atoms with van der Waals surface area (Å²) in [4.78, 5) is 39.3. The van der Waals surface area contributed by atoms with Gasteiger partial charge in [0.05, 0.1) is 29.0 Å². The van der Waals surface area contributed by atoms with Gasteiger partial charge in [-0.2, -0.15) is 0 Å². The van der Waals surface area contributed by atoms with Gasteiger partial charge in [0.1, 0.15) is 0 Å². The molecule has 0 radical (unpaired) electrons. The van der Waals surface area contributed by atoms with Crippen LogP contribution in [0.2, 0.25) is 5.02 Å². The van der Waals surface area contributed by atoms with Gasteiger partial charge in [0.25, 0.3) is 0 Å². The third-order valence-electron chi connectivity index (χ3n) is 3.96. The van der Waals surface area contributed by atoms with Crippen LogP contribution in [0.25, 0.3) is 0 Å². The SMILES string of the molecule is COC(=O)c1c(C)[nH]c(C(=O)C(C)OC(=O)c2cc(F)c(F)cc2Cl)c1C. The van der Waals surface area contributed by atoms with Crippen LogP contribution in [0.5, 0.6) is 0 Å². The van der Waals surface area contributed by atoms with Gasteiger partial charge >= 0.3 is 11.9 Å². The highest BCUT2D eigenvalue weighted by Gasteiger charge is 2.28. The number of rotatable bonds is 5. The van der Waals surface area contributed by atoms with E-state index in [2.05, 4.69) is 9.72 Å². The van der Waals surface area contributed by atoms with Crippen molar-refractivity contribution in [3.63, 3.8) is 0 Å². The molecule has 1 aromatic carbocycles. The first-order chi connectivity index (χ1) is 12.6. The number of hydrogen-bond acceptors (Lipinski definition) is 5. The van der Waals surface area contributed by atoms with Gasteiger partial charge in [-0.15, -0.1) is 0 Å². The minimum atomic E-state index is -1.27. The molecule has 0 aliphatic rings. The molecule has 9 heteroatoms. The van der Waals surface area contributed by atoms with Crippen LogP contribution in [-0.2, 0) is 9.47 Å². The molecule has 2 aromatic rings. The summed E-state index contributed by atoms with van der Waals surface area (Å²) < 4.78 is 36.1. The van der Waals surface area contributed by atoms with E-state index in [4.69, 9.17) is 16.3 Å². The van der Waals surface area contributed by atoms with Gasteiger partial charge in [0, 0.05) is 5.69 Å². The molecule has 1 aromatic heterocycles. The van der Waals surface area contributed by atoms with Crippen LogP contribution in [0.1, 0.15) is 49.4 Å². The highest BCUT2D eigenvalue weighted by molar-refractivity contribution is 6.33. The first-order valence-corrected chi connectivity index (χ1v) is 8.13. The van der Waals surface area contributed by atoms with E-state index in [0.717, 1.165) is 0 Å². The number of aromatic amines is 1. The Morgan fingerprint density at radius 3 is 2.30 bits per heavy atom. The van der Waals surface area contributed by atoms with Crippen molar-refractivity contribution in [3.05, 3.63) is 56.9 Å². The number of H-pyrrole nitrogens is 1. The zero-order valence-corrected chi connectivity index (χ0v) is 15.7. The van der Waals surface area contributed by atoms with Crippen LogP contribution in [0.4, 0.5) is 8.78 Å². The van der Waals surface area contributed by atoms with E-state index in [9.17, 15) is 23.2 Å². The number of nitrogens with one attached hydrogen (secondary N) is 1. The lowest BCUT2D eigenvalue weighted by Gasteiger charge is -2.13. The summed E-state index contributed by atoms with van der Waals surface area (Å²) >= 11 is 5.73. The Morgan fingerprint density at radius 2 is 1.70 bits per heavy atom. The molecule has 0 spiro atoms. The lowest BCUT2D eigenvalue weighted by atomic mass is 10.1. The smallest absolute Gasteiger partial charge is 0.340 e. The Labute approximate surface area is 158 Å². The van der Waals surface area contributed by atoms with Crippen molar-refractivity contribution < 1.29 is 32.6 Å². The Hall–Kier alpha value is -2.74. The zero-order chi connectivity index (χ0) is 20.5. The van der Waals surface area contributed by atoms with Crippen molar-refractivity contribution in [2.24, 2.45) is 0 Å². The number of halogens is 3. The Bertz CT molecular complexity index is 938. The number of ketones is 1. The lowest BCUT2D eigenvalue weighted by molar-refractivity contribution is 0.0316. The minimum absolute atomic E-state index is 0.0737. The van der Waals surface area contributed by atoms with E-state index < -0.39 is 41.0 Å². The average molecular weight is 400 g/mol. The van der Waals surface area contributed by atoms with Gasteiger partial charge in [-0.25, -0.2) is 18.4 Å². The summed E-state index contributed by atoms with van der Waals surface area (Å²) in [6.45, 7) is 4.44. The van der Waals surface area contributed by atoms with Gasteiger partial charge in [-0.05, 0) is 38.5 Å². The molecule has 144 valence electrons. The monoisotopic (exact) mass is 399 g/mol. The van der Waals surface area contributed by atoms with Gasteiger partial charge in [0.2, 0.25) is 5.78 Å². The molecule has 1 atom stereocenters. The molecule has 1 unspecified atom stereocenters. The summed E-state index contributed by atoms with van der Waals surface area (Å²) in [5, 5.41) is -0.349. The molecular weight excluding hydrogens is 384 g/mol. The molecule has 0 saturated carbocycles. The topological polar surface area (TPSA) is 85.5 Å². The van der Waals surface area contributed by atoms with Crippen LogP contribution in [0.15, 0.2) is 12.1 Å². The number of carbonyl (C=O) groups is 3. The first kappa shape index (κ1) is 20.6. The first-order valence-electron chi connectivity index (χ1n) is 7.75. The fourth-order valence-electron chi connectivity index (χ4n) is 2.56. The number of aryl methyl sites for hydroxylation is 1. The quantitative estimate of drug-likeness (QED) is 0.470. The number of aromatic nitrogens is 1. The third-order valence-corrected chi connectivity index (χ3v) is 4.27. The van der Waals surface area contributed by atoms with Gasteiger partial charge in [-0.3, -0.25) is 4.79 Å². The molecule has 0 aliphatic heterocycles. The predicted molar refractivity (Wildman–Crippen MR) is 92.2 cm³/mol. The normalized spacial score (nSPS) is 11.8. The summed E-state index contributed by atoms with van der Waals surface area (Å²) in [6.07, 6.45) is -1.27. The molecule has 6 nitrogen and oxygen atoms in total. The maximum Gasteiger partial charge on any atom is 0.340 e. The second-order valence-corrected chi connectivity index (χ2v) is 6.18. The van der Waals surface area contributed by atoms with Crippen molar-refractivity contribution in [2.75, 3.05) is 7.11 Å². The summed E-state index contributed by atoms with van der Waals surface area (Å²) in [5.74, 6) is -4.80. The molecule has 0 bridgehead atoms. The van der Waals surface area contributed by atoms with E-state index in [1.807, 2.05) is 0 Å². The molecular formula is C18H16ClF2NO5. The largest absolute Gasteiger partial charge is 0.465 e. The van der Waals surface area contributed by atoms with Crippen LogP contribution >= 0.6 is 11.6 Å². The molecule has 0 fully saturated rings. The number of methoxy groups -OCH3 is 1. The molecule has 1 N–H and O–H groups in total. The maximum atomic E-state index is 13.3. The summed E-state index contributed by atoms with van der Waals surface area (Å²) in [6, 6.07) is 1.23. The third kappa shape index (κ3) is 4.00. The van der Waals surface area contributed by atoms with E-state index in [1.54, 1.807) is 13.8 Å². The van der Waals surface area contributed by atoms with Crippen LogP contribution in [0.3, 0.4) is 0 Å². The van der Waals surface area contributed by atoms with Crippen molar-refractivity contribution >= 4 is 29.3 Å². The van der Waals surface area contributed by atoms with Gasteiger partial charge in [0.15, 0.2) is 17.7 Å².